The number of carbonyl (C=O) groups excluding carboxylic acids is 2. The molecule has 1 aromatic rings. The van der Waals surface area contributed by atoms with Gasteiger partial charge in [0, 0.05) is 0 Å². The molecule has 2 amide bonds. The highest BCUT2D eigenvalue weighted by Gasteiger charge is 2.36. The van der Waals surface area contributed by atoms with Crippen molar-refractivity contribution >= 4 is 24.1 Å². The lowest BCUT2D eigenvalue weighted by Gasteiger charge is -2.31. The third-order valence-electron chi connectivity index (χ3n) is 3.54. The van der Waals surface area contributed by atoms with Crippen molar-refractivity contribution in [2.24, 2.45) is 5.73 Å². The number of amides is 2. The van der Waals surface area contributed by atoms with Crippen LogP contribution in [-0.2, 0) is 20.9 Å². The van der Waals surface area contributed by atoms with Crippen LogP contribution in [0.25, 0.3) is 0 Å². The van der Waals surface area contributed by atoms with E-state index in [0.29, 0.717) is 11.3 Å². The second-order valence-electron chi connectivity index (χ2n) is 7.17. The Kier molecular flexibility index (Phi) is 9.07. The number of carbonyl (C=O) groups is 3. The van der Waals surface area contributed by atoms with Crippen molar-refractivity contribution in [1.29, 1.82) is 5.41 Å². The summed E-state index contributed by atoms with van der Waals surface area (Å²) >= 11 is 0. The Bertz CT molecular complexity index is 717. The molecule has 0 saturated heterocycles. The third-order valence-corrected chi connectivity index (χ3v) is 3.54. The molecule has 0 saturated carbocycles. The van der Waals surface area contributed by atoms with Gasteiger partial charge in [-0.15, -0.1) is 0 Å². The van der Waals surface area contributed by atoms with E-state index in [2.05, 4.69) is 5.32 Å². The lowest BCUT2D eigenvalue weighted by atomic mass is 10.1. The van der Waals surface area contributed by atoms with Crippen LogP contribution in [0.15, 0.2) is 30.3 Å². The Balaban J connectivity index is 2.91. The molecule has 0 heterocycles. The highest BCUT2D eigenvalue weighted by Crippen LogP contribution is 2.15. The lowest BCUT2D eigenvalue weighted by molar-refractivity contribution is -0.142. The molecule has 0 radical (unpaired) electrons. The molecule has 0 aliphatic heterocycles. The number of guanidine groups is 1. The van der Waals surface area contributed by atoms with Crippen LogP contribution in [0, 0.1) is 5.41 Å². The van der Waals surface area contributed by atoms with Crippen molar-refractivity contribution in [3.8, 4) is 0 Å². The summed E-state index contributed by atoms with van der Waals surface area (Å²) in [5, 5.41) is 19.7. The molecule has 0 spiro atoms. The molecule has 10 nitrogen and oxygen atoms in total. The van der Waals surface area contributed by atoms with Gasteiger partial charge in [0.25, 0.3) is 0 Å². The zero-order chi connectivity index (χ0) is 22.0. The summed E-state index contributed by atoms with van der Waals surface area (Å²) in [5.74, 6) is -2.12. The van der Waals surface area contributed by atoms with Gasteiger partial charge in [0.05, 0.1) is 0 Å². The molecular formula is C19H28N4O6. The zero-order valence-electron chi connectivity index (χ0n) is 16.8. The van der Waals surface area contributed by atoms with E-state index < -0.39 is 35.8 Å². The van der Waals surface area contributed by atoms with Crippen molar-refractivity contribution < 1.29 is 29.0 Å². The van der Waals surface area contributed by atoms with Gasteiger partial charge in [0.1, 0.15) is 18.2 Å². The number of nitrogens with two attached hydrogens (primary N) is 1. The fourth-order valence-corrected chi connectivity index (χ4v) is 2.28. The van der Waals surface area contributed by atoms with Gasteiger partial charge in [-0.3, -0.25) is 10.7 Å². The van der Waals surface area contributed by atoms with Crippen LogP contribution in [0.3, 0.4) is 0 Å². The number of nitrogens with zero attached hydrogens (tertiary/aromatic N) is 1. The number of hydrogen-bond donors (Lipinski definition) is 4. The maximum atomic E-state index is 12.5. The smallest absolute Gasteiger partial charge is 0.417 e. The number of benzene rings is 1. The molecule has 0 fully saturated rings. The predicted octanol–water partition coefficient (Wildman–Crippen LogP) is 2.28. The molecule has 0 aliphatic rings. The van der Waals surface area contributed by atoms with Crippen molar-refractivity contribution in [3.63, 3.8) is 0 Å². The molecule has 0 bridgehead atoms. The first-order chi connectivity index (χ1) is 13.5. The molecule has 5 N–H and O–H groups in total. The molecule has 0 aromatic heterocycles. The number of carboxylic acid groups (broad SMARTS) is 1. The van der Waals surface area contributed by atoms with Crippen LogP contribution in [-0.4, -0.2) is 52.3 Å². The molecule has 160 valence electrons. The predicted molar refractivity (Wildman–Crippen MR) is 105 cm³/mol. The van der Waals surface area contributed by atoms with Gasteiger partial charge >= 0.3 is 18.2 Å². The van der Waals surface area contributed by atoms with E-state index in [1.54, 1.807) is 45.0 Å². The van der Waals surface area contributed by atoms with Crippen LogP contribution in [0.5, 0.6) is 0 Å². The fraction of sp³-hybridized carbons (Fsp3) is 0.474. The highest BCUT2D eigenvalue weighted by atomic mass is 16.6. The summed E-state index contributed by atoms with van der Waals surface area (Å²) in [6.07, 6.45) is -1.80. The van der Waals surface area contributed by atoms with Crippen molar-refractivity contribution in [3.05, 3.63) is 35.9 Å². The Hall–Kier alpha value is -3.14. The second-order valence-corrected chi connectivity index (χ2v) is 7.17. The van der Waals surface area contributed by atoms with Crippen molar-refractivity contribution in [2.45, 2.75) is 51.9 Å². The standard InChI is InChI=1S/C19H28N4O6/c1-19(2,3)29-18(27)23(14(15(24)25)10-7-11-20)16(21)22-17(26)28-12-13-8-5-4-6-9-13/h4-6,8-9,14H,7,10-12,20H2,1-3H3,(H,24,25)(H2,21,22,26)/t14-/m0/s1. The average molecular weight is 408 g/mol. The maximum Gasteiger partial charge on any atom is 0.417 e. The van der Waals surface area contributed by atoms with Gasteiger partial charge in [-0.2, -0.15) is 0 Å². The summed E-state index contributed by atoms with van der Waals surface area (Å²) in [6.45, 7) is 4.95. The first kappa shape index (κ1) is 23.9. The molecule has 0 aliphatic carbocycles. The van der Waals surface area contributed by atoms with E-state index in [-0.39, 0.29) is 19.6 Å². The minimum Gasteiger partial charge on any atom is -0.480 e. The average Bonchev–Trinajstić information content (AvgIpc) is 2.62. The van der Waals surface area contributed by atoms with E-state index in [0.717, 1.165) is 5.56 Å². The molecular weight excluding hydrogens is 380 g/mol. The van der Waals surface area contributed by atoms with Gasteiger partial charge in [0.2, 0.25) is 5.96 Å². The summed E-state index contributed by atoms with van der Waals surface area (Å²) in [6, 6.07) is 7.42. The topological polar surface area (TPSA) is 155 Å². The van der Waals surface area contributed by atoms with Crippen LogP contribution in [0.4, 0.5) is 9.59 Å². The number of hydrogen-bond acceptors (Lipinski definition) is 7. The molecule has 0 unspecified atom stereocenters. The number of carboxylic acids is 1. The van der Waals surface area contributed by atoms with E-state index in [1.165, 1.54) is 0 Å². The summed E-state index contributed by atoms with van der Waals surface area (Å²) < 4.78 is 10.2. The Morgan fingerprint density at radius 1 is 1.24 bits per heavy atom. The molecule has 10 heteroatoms. The monoisotopic (exact) mass is 408 g/mol. The number of alkyl carbamates (subject to hydrolysis) is 1. The van der Waals surface area contributed by atoms with Gasteiger partial charge < -0.3 is 20.3 Å². The largest absolute Gasteiger partial charge is 0.480 e. The van der Waals surface area contributed by atoms with Crippen molar-refractivity contribution in [1.82, 2.24) is 10.2 Å². The number of rotatable bonds is 7. The molecule has 1 atom stereocenters. The fourth-order valence-electron chi connectivity index (χ4n) is 2.28. The molecule has 29 heavy (non-hydrogen) atoms. The van der Waals surface area contributed by atoms with E-state index in [4.69, 9.17) is 20.6 Å². The third kappa shape index (κ3) is 8.60. The Morgan fingerprint density at radius 3 is 2.38 bits per heavy atom. The van der Waals surface area contributed by atoms with E-state index >= 15 is 0 Å². The number of ether oxygens (including phenoxy) is 2. The second kappa shape index (κ2) is 11.0. The lowest BCUT2D eigenvalue weighted by Crippen LogP contribution is -2.55. The van der Waals surface area contributed by atoms with Gasteiger partial charge in [-0.1, -0.05) is 30.3 Å². The van der Waals surface area contributed by atoms with Crippen molar-refractivity contribution in [2.75, 3.05) is 6.54 Å². The molecule has 1 aromatic carbocycles. The van der Waals surface area contributed by atoms with E-state index in [1.807, 2.05) is 6.07 Å². The van der Waals surface area contributed by atoms with Crippen LogP contribution in [0.2, 0.25) is 0 Å². The molecule has 1 rings (SSSR count). The Morgan fingerprint density at radius 2 is 1.86 bits per heavy atom. The number of aliphatic carboxylic acids is 1. The van der Waals surface area contributed by atoms with Crippen LogP contribution >= 0.6 is 0 Å². The maximum absolute atomic E-state index is 12.5. The van der Waals surface area contributed by atoms with Gasteiger partial charge in [0.15, 0.2) is 0 Å². The quantitative estimate of drug-likeness (QED) is 0.398. The summed E-state index contributed by atoms with van der Waals surface area (Å²) in [7, 11) is 0. The minimum atomic E-state index is -1.43. The van der Waals surface area contributed by atoms with Crippen LogP contribution in [0.1, 0.15) is 39.2 Å². The highest BCUT2D eigenvalue weighted by molar-refractivity contribution is 6.02. The van der Waals surface area contributed by atoms with E-state index in [9.17, 15) is 19.5 Å². The van der Waals surface area contributed by atoms with Crippen LogP contribution < -0.4 is 11.1 Å². The first-order valence-electron chi connectivity index (χ1n) is 9.06. The first-order valence-corrected chi connectivity index (χ1v) is 9.06. The Labute approximate surface area is 169 Å². The SMILES string of the molecule is CC(C)(C)OC(=O)N(C(=N)NC(=O)OCc1ccccc1)[C@@H](CCCN)C(=O)O. The normalized spacial score (nSPS) is 11.9. The minimum absolute atomic E-state index is 0.0196. The van der Waals surface area contributed by atoms with Gasteiger partial charge in [-0.25, -0.2) is 19.3 Å². The zero-order valence-corrected chi connectivity index (χ0v) is 16.8. The van der Waals surface area contributed by atoms with Gasteiger partial charge in [-0.05, 0) is 45.7 Å². The summed E-state index contributed by atoms with van der Waals surface area (Å²) in [4.78, 5) is 36.8. The number of nitrogens with one attached hydrogen (secondary N) is 2. The summed E-state index contributed by atoms with van der Waals surface area (Å²) in [5.41, 5.74) is 5.23.